The van der Waals surface area contributed by atoms with Gasteiger partial charge in [-0.15, -0.1) is 0 Å². The van der Waals surface area contributed by atoms with Crippen molar-refractivity contribution in [3.8, 4) is 11.1 Å². The second-order valence-electron chi connectivity index (χ2n) is 8.28. The number of benzene rings is 3. The lowest BCUT2D eigenvalue weighted by atomic mass is 9.93. The number of carbonyl (C=O) groups is 1. The molecule has 10 heteroatoms. The highest BCUT2D eigenvalue weighted by atomic mass is 19.4. The Morgan fingerprint density at radius 2 is 1.74 bits per heavy atom. The summed E-state index contributed by atoms with van der Waals surface area (Å²) in [6.07, 6.45) is -0.939. The fraction of sp³-hybridized carbons (Fsp3) is 0.107. The van der Waals surface area contributed by atoms with Crippen LogP contribution in [0, 0.1) is 5.41 Å². The van der Waals surface area contributed by atoms with E-state index in [0.29, 0.717) is 22.5 Å². The monoisotopic (exact) mass is 519 g/mol. The van der Waals surface area contributed by atoms with Gasteiger partial charge in [-0.3, -0.25) is 10.2 Å². The summed E-state index contributed by atoms with van der Waals surface area (Å²) < 4.78 is 41.2. The first-order valence-corrected chi connectivity index (χ1v) is 11.5. The molecule has 0 aliphatic carbocycles. The van der Waals surface area contributed by atoms with Crippen LogP contribution in [0.25, 0.3) is 11.1 Å². The summed E-state index contributed by atoms with van der Waals surface area (Å²) in [7, 11) is 0. The van der Waals surface area contributed by atoms with Crippen LogP contribution in [0.3, 0.4) is 0 Å². The van der Waals surface area contributed by atoms with Crippen molar-refractivity contribution >= 4 is 29.8 Å². The third kappa shape index (κ3) is 5.98. The number of alkyl halides is 3. The zero-order valence-electron chi connectivity index (χ0n) is 20.0. The second kappa shape index (κ2) is 11.6. The quantitative estimate of drug-likeness (QED) is 0.0965. The Kier molecular flexibility index (Phi) is 8.03. The van der Waals surface area contributed by atoms with Gasteiger partial charge in [0.25, 0.3) is 0 Å². The molecule has 0 amide bonds. The Bertz CT molecular complexity index is 1450. The van der Waals surface area contributed by atoms with E-state index in [9.17, 15) is 23.1 Å². The predicted octanol–water partition coefficient (Wildman–Crippen LogP) is 6.28. The van der Waals surface area contributed by atoms with Crippen LogP contribution in [0.2, 0.25) is 0 Å². The van der Waals surface area contributed by atoms with Gasteiger partial charge in [0.1, 0.15) is 12.4 Å². The topological polar surface area (TPSA) is 113 Å². The molecule has 194 valence electrons. The van der Waals surface area contributed by atoms with Gasteiger partial charge in [0.2, 0.25) is 5.78 Å². The molecule has 3 aromatic carbocycles. The number of halogens is 3. The molecule has 1 heterocycles. The summed E-state index contributed by atoms with van der Waals surface area (Å²) >= 11 is 0. The molecule has 0 bridgehead atoms. The summed E-state index contributed by atoms with van der Waals surface area (Å²) in [4.78, 5) is 20.4. The van der Waals surface area contributed by atoms with Gasteiger partial charge in [0, 0.05) is 23.1 Å². The van der Waals surface area contributed by atoms with Crippen molar-refractivity contribution in [2.75, 3.05) is 10.6 Å². The number of aromatic amines is 1. The molecule has 0 radical (unpaired) electrons. The largest absolute Gasteiger partial charge is 0.417 e. The minimum Gasteiger partial charge on any atom is -0.392 e. The number of carbonyl (C=O) groups excluding carboxylic acids is 1. The Morgan fingerprint density at radius 3 is 2.45 bits per heavy atom. The Labute approximate surface area is 216 Å². The highest BCUT2D eigenvalue weighted by molar-refractivity contribution is 6.06. The van der Waals surface area contributed by atoms with E-state index in [1.165, 1.54) is 36.8 Å². The highest BCUT2D eigenvalue weighted by Crippen LogP contribution is 2.39. The molecule has 4 rings (SSSR count). The first-order chi connectivity index (χ1) is 18.3. The van der Waals surface area contributed by atoms with Gasteiger partial charge in [-0.25, -0.2) is 4.99 Å². The molecular weight excluding hydrogens is 495 g/mol. The lowest BCUT2D eigenvalue weighted by Gasteiger charge is -2.21. The number of anilines is 2. The van der Waals surface area contributed by atoms with Crippen molar-refractivity contribution in [3.63, 3.8) is 0 Å². The molecule has 1 unspecified atom stereocenters. The number of aromatic nitrogens is 1. The number of H-pyrrole nitrogens is 1. The molecule has 1 aromatic heterocycles. The van der Waals surface area contributed by atoms with Crippen LogP contribution >= 0.6 is 0 Å². The molecular formula is C28H24F3N5O2. The van der Waals surface area contributed by atoms with Crippen LogP contribution in [0.4, 0.5) is 24.5 Å². The van der Waals surface area contributed by atoms with Gasteiger partial charge in [0.15, 0.2) is 0 Å². The van der Waals surface area contributed by atoms with Crippen molar-refractivity contribution in [1.82, 2.24) is 4.98 Å². The lowest BCUT2D eigenvalue weighted by molar-refractivity contribution is -0.137. The van der Waals surface area contributed by atoms with Gasteiger partial charge in [-0.2, -0.15) is 13.2 Å². The number of rotatable bonds is 10. The first-order valence-electron chi connectivity index (χ1n) is 11.5. The number of nitrogens with zero attached hydrogens (tertiary/aromatic N) is 1. The van der Waals surface area contributed by atoms with E-state index in [4.69, 9.17) is 5.41 Å². The first kappa shape index (κ1) is 26.4. The Balaban J connectivity index is 1.75. The van der Waals surface area contributed by atoms with Gasteiger partial charge >= 0.3 is 6.18 Å². The van der Waals surface area contributed by atoms with Crippen molar-refractivity contribution < 1.29 is 23.1 Å². The van der Waals surface area contributed by atoms with Crippen LogP contribution in [0.5, 0.6) is 0 Å². The van der Waals surface area contributed by atoms with Gasteiger partial charge in [-0.05, 0) is 47.0 Å². The standard InChI is InChI=1S/C28H24F3N5O2/c29-28(30,31)24-7-2-1-6-22(24)23-12-13-34-26(23)27(38)25(19-10-8-18(15-37)9-11-19)36-21-5-3-4-20(14-21)35-17-33-16-32/h1-14,16-17,25,34,36-37H,15H2,(H2,32,33,35). The van der Waals surface area contributed by atoms with Crippen molar-refractivity contribution in [2.45, 2.75) is 18.8 Å². The number of ketones is 1. The molecule has 1 atom stereocenters. The van der Waals surface area contributed by atoms with E-state index >= 15 is 0 Å². The number of hydrogen-bond donors (Lipinski definition) is 5. The Morgan fingerprint density at radius 1 is 1.00 bits per heavy atom. The molecule has 7 nitrogen and oxygen atoms in total. The van der Waals surface area contributed by atoms with Crippen LogP contribution in [0.1, 0.15) is 33.2 Å². The number of nitrogens with one attached hydrogen (secondary N) is 4. The zero-order valence-corrected chi connectivity index (χ0v) is 20.0. The van der Waals surface area contributed by atoms with Crippen molar-refractivity contribution in [1.29, 1.82) is 5.41 Å². The summed E-state index contributed by atoms with van der Waals surface area (Å²) in [5, 5.41) is 22.5. The molecule has 0 saturated heterocycles. The number of Topliss-reactive ketones (excluding diaryl/α,β-unsaturated/α-hetero) is 1. The van der Waals surface area contributed by atoms with Crippen LogP contribution < -0.4 is 10.6 Å². The highest BCUT2D eigenvalue weighted by Gasteiger charge is 2.35. The number of aliphatic hydroxyl groups excluding tert-OH is 1. The molecule has 4 aromatic rings. The molecule has 0 spiro atoms. The van der Waals surface area contributed by atoms with E-state index in [0.717, 1.165) is 12.4 Å². The maximum atomic E-state index is 13.9. The third-order valence-corrected chi connectivity index (χ3v) is 5.83. The van der Waals surface area contributed by atoms with Gasteiger partial charge in [-0.1, -0.05) is 48.5 Å². The molecule has 0 aliphatic heterocycles. The van der Waals surface area contributed by atoms with Crippen LogP contribution in [-0.2, 0) is 12.8 Å². The van der Waals surface area contributed by atoms with Gasteiger partial charge < -0.3 is 20.7 Å². The van der Waals surface area contributed by atoms with E-state index in [1.54, 1.807) is 48.5 Å². The maximum absolute atomic E-state index is 13.9. The zero-order chi connectivity index (χ0) is 27.1. The van der Waals surface area contributed by atoms with E-state index < -0.39 is 23.6 Å². The molecule has 5 N–H and O–H groups in total. The lowest BCUT2D eigenvalue weighted by Crippen LogP contribution is -2.22. The predicted molar refractivity (Wildman–Crippen MR) is 142 cm³/mol. The summed E-state index contributed by atoms with van der Waals surface area (Å²) in [5.41, 5.74) is 1.63. The summed E-state index contributed by atoms with van der Waals surface area (Å²) in [6.45, 7) is -0.174. The van der Waals surface area contributed by atoms with E-state index in [2.05, 4.69) is 20.6 Å². The SMILES string of the molecule is N=C/N=C\Nc1cccc(NC(C(=O)c2[nH]ccc2-c2ccccc2C(F)(F)F)c2ccc(CO)cc2)c1. The number of aliphatic imine (C=N–C) groups is 1. The molecule has 0 saturated carbocycles. The normalized spacial score (nSPS) is 12.3. The van der Waals surface area contributed by atoms with Crippen molar-refractivity contribution in [3.05, 3.63) is 107 Å². The average Bonchev–Trinajstić information content (AvgIpc) is 3.41. The number of aliphatic hydroxyl groups is 1. The van der Waals surface area contributed by atoms with Crippen LogP contribution in [0.15, 0.2) is 90.1 Å². The summed E-state index contributed by atoms with van der Waals surface area (Å²) in [6, 6.07) is 19.3. The smallest absolute Gasteiger partial charge is 0.392 e. The fourth-order valence-corrected chi connectivity index (χ4v) is 4.04. The van der Waals surface area contributed by atoms with Crippen LogP contribution in [-0.4, -0.2) is 28.6 Å². The second-order valence-corrected chi connectivity index (χ2v) is 8.28. The minimum atomic E-state index is -4.60. The fourth-order valence-electron chi connectivity index (χ4n) is 4.04. The molecule has 0 fully saturated rings. The van der Waals surface area contributed by atoms with Crippen molar-refractivity contribution in [2.24, 2.45) is 4.99 Å². The third-order valence-electron chi connectivity index (χ3n) is 5.83. The molecule has 0 aliphatic rings. The Hall–Kier alpha value is -4.70. The van der Waals surface area contributed by atoms with Gasteiger partial charge in [0.05, 0.1) is 24.2 Å². The maximum Gasteiger partial charge on any atom is 0.417 e. The number of hydrogen-bond acceptors (Lipinski definition) is 4. The van der Waals surface area contributed by atoms with E-state index in [1.807, 2.05) is 0 Å². The van der Waals surface area contributed by atoms with E-state index in [-0.39, 0.29) is 23.4 Å². The average molecular weight is 520 g/mol. The summed E-state index contributed by atoms with van der Waals surface area (Å²) in [5.74, 6) is -0.470. The minimum absolute atomic E-state index is 0.0258. The molecule has 38 heavy (non-hydrogen) atoms.